The van der Waals surface area contributed by atoms with Crippen molar-refractivity contribution in [1.29, 1.82) is 0 Å². The molecule has 2 heteroatoms. The van der Waals surface area contributed by atoms with E-state index in [2.05, 4.69) is 87.5 Å². The van der Waals surface area contributed by atoms with Gasteiger partial charge in [-0.15, -0.1) is 0 Å². The molecular formula is C51H70F2. The molecule has 1 saturated carbocycles. The minimum atomic E-state index is -0.690. The molecule has 5 rings (SSSR count). The second kappa shape index (κ2) is 24.9. The maximum Gasteiger partial charge on any atom is 0.166 e. The Kier molecular flexibility index (Phi) is 20.0. The van der Waals surface area contributed by atoms with E-state index >= 15 is 0 Å². The van der Waals surface area contributed by atoms with Gasteiger partial charge in [-0.2, -0.15) is 0 Å². The van der Waals surface area contributed by atoms with Crippen LogP contribution in [-0.2, 0) is 19.3 Å². The second-order valence-corrected chi connectivity index (χ2v) is 15.9. The Bertz CT molecular complexity index is 1530. The van der Waals surface area contributed by atoms with E-state index in [4.69, 9.17) is 0 Å². The van der Waals surface area contributed by atoms with Gasteiger partial charge in [-0.1, -0.05) is 214 Å². The van der Waals surface area contributed by atoms with Crippen LogP contribution in [0.5, 0.6) is 0 Å². The highest BCUT2D eigenvalue weighted by molar-refractivity contribution is 5.67. The molecule has 1 aliphatic carbocycles. The van der Waals surface area contributed by atoms with Crippen molar-refractivity contribution in [2.24, 2.45) is 11.8 Å². The fraction of sp³-hybridized carbons (Fsp3) is 0.529. The van der Waals surface area contributed by atoms with E-state index in [-0.39, 0.29) is 0 Å². The molecule has 1 fully saturated rings. The van der Waals surface area contributed by atoms with Crippen LogP contribution < -0.4 is 0 Å². The minimum Gasteiger partial charge on any atom is -0.203 e. The summed E-state index contributed by atoms with van der Waals surface area (Å²) in [6, 6.07) is 31.2. The predicted octanol–water partition coefficient (Wildman–Crippen LogP) is 16.3. The van der Waals surface area contributed by atoms with Gasteiger partial charge < -0.3 is 0 Å². The third-order valence-corrected chi connectivity index (χ3v) is 11.7. The molecule has 1 aliphatic rings. The standard InChI is InChI=1S/C32H46F2.C19H24/c1-3-5-7-8-10-12-26-17-20-28(21-18-26)30-24-23-29(31(33)32(30)34)22-19-27-15-13-25(14-16-27)11-9-6-4-2;1-2-3-4-5-7-12-18-15-10-11-16-19(18)17-13-8-6-9-14-17/h17-18,20-21,23-25,27H,3-16,19,22H2,1-2H3;6,8-11,13-16H,2-5,7,12H2,1H3. The van der Waals surface area contributed by atoms with Gasteiger partial charge in [0.2, 0.25) is 0 Å². The van der Waals surface area contributed by atoms with Crippen molar-refractivity contribution in [3.05, 3.63) is 119 Å². The van der Waals surface area contributed by atoms with Crippen LogP contribution in [0.15, 0.2) is 91.0 Å². The number of hydrogen-bond donors (Lipinski definition) is 0. The highest BCUT2D eigenvalue weighted by atomic mass is 19.2. The number of halogens is 2. The maximum absolute atomic E-state index is 15.0. The lowest BCUT2D eigenvalue weighted by molar-refractivity contribution is 0.248. The molecule has 288 valence electrons. The van der Waals surface area contributed by atoms with Crippen LogP contribution in [0.2, 0.25) is 0 Å². The van der Waals surface area contributed by atoms with Gasteiger partial charge in [0.25, 0.3) is 0 Å². The summed E-state index contributed by atoms with van der Waals surface area (Å²) in [7, 11) is 0. The Morgan fingerprint density at radius 1 is 0.415 bits per heavy atom. The second-order valence-electron chi connectivity index (χ2n) is 15.9. The maximum atomic E-state index is 15.0. The Hall–Kier alpha value is -3.26. The van der Waals surface area contributed by atoms with Crippen molar-refractivity contribution < 1.29 is 8.78 Å². The van der Waals surface area contributed by atoms with E-state index in [1.54, 1.807) is 6.07 Å². The molecular weight excluding hydrogens is 651 g/mol. The average Bonchev–Trinajstić information content (AvgIpc) is 3.20. The largest absolute Gasteiger partial charge is 0.203 e. The van der Waals surface area contributed by atoms with Crippen LogP contribution in [0, 0.1) is 23.5 Å². The number of aryl methyl sites for hydroxylation is 3. The first kappa shape index (κ1) is 42.5. The highest BCUT2D eigenvalue weighted by Gasteiger charge is 2.22. The summed E-state index contributed by atoms with van der Waals surface area (Å²) in [4.78, 5) is 0. The lowest BCUT2D eigenvalue weighted by Gasteiger charge is -2.28. The Balaban J connectivity index is 0.000000278. The zero-order valence-corrected chi connectivity index (χ0v) is 33.6. The summed E-state index contributed by atoms with van der Waals surface area (Å²) in [5.41, 5.74) is 7.19. The summed E-state index contributed by atoms with van der Waals surface area (Å²) in [5, 5.41) is 0. The third-order valence-electron chi connectivity index (χ3n) is 11.7. The first-order valence-corrected chi connectivity index (χ1v) is 21.7. The number of benzene rings is 4. The van der Waals surface area contributed by atoms with E-state index < -0.39 is 11.6 Å². The first-order valence-electron chi connectivity index (χ1n) is 21.7. The van der Waals surface area contributed by atoms with Crippen LogP contribution in [0.25, 0.3) is 22.3 Å². The fourth-order valence-corrected chi connectivity index (χ4v) is 8.20. The van der Waals surface area contributed by atoms with Crippen molar-refractivity contribution in [3.63, 3.8) is 0 Å². The first-order chi connectivity index (χ1) is 26.0. The van der Waals surface area contributed by atoms with Crippen molar-refractivity contribution in [2.75, 3.05) is 0 Å². The van der Waals surface area contributed by atoms with Gasteiger partial charge in [-0.05, 0) is 83.7 Å². The Labute approximate surface area is 323 Å². The van der Waals surface area contributed by atoms with Crippen molar-refractivity contribution >= 4 is 0 Å². The van der Waals surface area contributed by atoms with Crippen molar-refractivity contribution in [1.82, 2.24) is 0 Å². The molecule has 0 N–H and O–H groups in total. The smallest absolute Gasteiger partial charge is 0.166 e. The number of hydrogen-bond acceptors (Lipinski definition) is 0. The molecule has 0 heterocycles. The third kappa shape index (κ3) is 14.8. The van der Waals surface area contributed by atoms with Crippen LogP contribution in [0.1, 0.15) is 159 Å². The van der Waals surface area contributed by atoms with E-state index in [1.807, 2.05) is 18.2 Å². The topological polar surface area (TPSA) is 0 Å². The summed E-state index contributed by atoms with van der Waals surface area (Å²) in [5.74, 6) is 0.220. The molecule has 4 aromatic rings. The molecule has 0 bridgehead atoms. The molecule has 0 unspecified atom stereocenters. The molecule has 0 aliphatic heterocycles. The molecule has 0 amide bonds. The summed E-state index contributed by atoms with van der Waals surface area (Å²) >= 11 is 0. The SMILES string of the molecule is CCCCCCCc1ccc(-c2ccc(CCC3CCC(CCCCC)CC3)c(F)c2F)cc1.CCCCCCCc1ccccc1-c1ccccc1. The fourth-order valence-electron chi connectivity index (χ4n) is 8.20. The van der Waals surface area contributed by atoms with E-state index in [9.17, 15) is 8.78 Å². The average molecular weight is 721 g/mol. The van der Waals surface area contributed by atoms with Gasteiger partial charge in [0.1, 0.15) is 0 Å². The molecule has 0 saturated heterocycles. The zero-order chi connectivity index (χ0) is 37.5. The lowest BCUT2D eigenvalue weighted by Crippen LogP contribution is -2.15. The van der Waals surface area contributed by atoms with E-state index in [0.717, 1.165) is 24.3 Å². The van der Waals surface area contributed by atoms with Crippen LogP contribution >= 0.6 is 0 Å². The minimum absolute atomic E-state index is 0.378. The van der Waals surface area contributed by atoms with Gasteiger partial charge in [-0.25, -0.2) is 8.78 Å². The van der Waals surface area contributed by atoms with Gasteiger partial charge in [0, 0.05) is 5.56 Å². The quantitative estimate of drug-likeness (QED) is 0.0752. The highest BCUT2D eigenvalue weighted by Crippen LogP contribution is 2.35. The van der Waals surface area contributed by atoms with Crippen LogP contribution in [0.3, 0.4) is 0 Å². The summed E-state index contributed by atoms with van der Waals surface area (Å²) in [6.07, 6.45) is 27.5. The lowest BCUT2D eigenvalue weighted by atomic mass is 9.77. The van der Waals surface area contributed by atoms with E-state index in [1.165, 1.54) is 144 Å². The molecule has 53 heavy (non-hydrogen) atoms. The molecule has 4 aromatic carbocycles. The van der Waals surface area contributed by atoms with Crippen molar-refractivity contribution in [3.8, 4) is 22.3 Å². The summed E-state index contributed by atoms with van der Waals surface area (Å²) < 4.78 is 29.9. The van der Waals surface area contributed by atoms with Gasteiger partial charge >= 0.3 is 0 Å². The molecule has 0 radical (unpaired) electrons. The summed E-state index contributed by atoms with van der Waals surface area (Å²) in [6.45, 7) is 6.76. The molecule has 0 nitrogen and oxygen atoms in total. The monoisotopic (exact) mass is 721 g/mol. The number of rotatable bonds is 21. The molecule has 0 spiro atoms. The Morgan fingerprint density at radius 2 is 0.962 bits per heavy atom. The Morgan fingerprint density at radius 3 is 1.62 bits per heavy atom. The van der Waals surface area contributed by atoms with Gasteiger partial charge in [0.15, 0.2) is 11.6 Å². The van der Waals surface area contributed by atoms with Crippen LogP contribution in [-0.4, -0.2) is 0 Å². The number of unbranched alkanes of at least 4 members (excludes halogenated alkanes) is 10. The van der Waals surface area contributed by atoms with Gasteiger partial charge in [0.05, 0.1) is 0 Å². The van der Waals surface area contributed by atoms with Gasteiger partial charge in [-0.3, -0.25) is 0 Å². The predicted molar refractivity (Wildman–Crippen MR) is 227 cm³/mol. The molecule has 0 atom stereocenters. The normalized spacial score (nSPS) is 15.6. The van der Waals surface area contributed by atoms with Crippen LogP contribution in [0.4, 0.5) is 8.78 Å². The van der Waals surface area contributed by atoms with E-state index in [0.29, 0.717) is 23.5 Å². The zero-order valence-electron chi connectivity index (χ0n) is 33.6. The van der Waals surface area contributed by atoms with Crippen molar-refractivity contribution in [2.45, 2.75) is 162 Å². The molecule has 0 aromatic heterocycles.